The number of nitrogens with zero attached hydrogens (tertiary/aromatic N) is 2. The van der Waals surface area contributed by atoms with Crippen molar-refractivity contribution in [2.24, 2.45) is 5.92 Å². The molecule has 0 spiro atoms. The van der Waals surface area contributed by atoms with Crippen LogP contribution in [0.3, 0.4) is 0 Å². The van der Waals surface area contributed by atoms with Gasteiger partial charge in [0.15, 0.2) is 0 Å². The summed E-state index contributed by atoms with van der Waals surface area (Å²) in [5.74, 6) is -0.0136. The van der Waals surface area contributed by atoms with E-state index in [0.717, 1.165) is 31.6 Å². The number of thioether (sulfide) groups is 1. The lowest BCUT2D eigenvalue weighted by atomic mass is 10.0. The molecule has 0 saturated carbocycles. The van der Waals surface area contributed by atoms with Crippen molar-refractivity contribution in [1.82, 2.24) is 10.2 Å². The maximum atomic E-state index is 12.7. The van der Waals surface area contributed by atoms with Crippen LogP contribution in [0, 0.1) is 5.92 Å². The molecule has 3 rings (SSSR count). The molecule has 2 aliphatic heterocycles. The van der Waals surface area contributed by atoms with E-state index < -0.39 is 0 Å². The van der Waals surface area contributed by atoms with Gasteiger partial charge in [-0.3, -0.25) is 9.59 Å². The molecule has 5 nitrogen and oxygen atoms in total. The van der Waals surface area contributed by atoms with Crippen molar-refractivity contribution in [3.63, 3.8) is 0 Å². The molecule has 7 heteroatoms. The Balaban J connectivity index is 0.00000225. The van der Waals surface area contributed by atoms with Crippen LogP contribution in [0.25, 0.3) is 0 Å². The van der Waals surface area contributed by atoms with Crippen LogP contribution in [0.4, 0.5) is 5.69 Å². The zero-order valence-corrected chi connectivity index (χ0v) is 16.4. The highest BCUT2D eigenvalue weighted by Crippen LogP contribution is 2.28. The number of hydrogen-bond acceptors (Lipinski definition) is 4. The van der Waals surface area contributed by atoms with Gasteiger partial charge in [0, 0.05) is 42.7 Å². The molecule has 1 atom stereocenters. The summed E-state index contributed by atoms with van der Waals surface area (Å²) in [5.41, 5.74) is 0.891. The topological polar surface area (TPSA) is 52.7 Å². The van der Waals surface area contributed by atoms with Crippen molar-refractivity contribution in [3.8, 4) is 0 Å². The Bertz CT molecular complexity index is 603. The molecule has 0 bridgehead atoms. The molecule has 2 aliphatic rings. The lowest BCUT2D eigenvalue weighted by Gasteiger charge is -2.33. The molecule has 2 saturated heterocycles. The summed E-state index contributed by atoms with van der Waals surface area (Å²) in [6.45, 7) is 2.08. The first-order chi connectivity index (χ1) is 11.6. The second-order valence-electron chi connectivity index (χ2n) is 6.49. The number of anilines is 1. The van der Waals surface area contributed by atoms with E-state index >= 15 is 0 Å². The Kier molecular flexibility index (Phi) is 7.16. The molecule has 0 aliphatic carbocycles. The first-order valence-corrected chi connectivity index (χ1v) is 9.75. The molecular formula is C18H26ClN3O2S. The van der Waals surface area contributed by atoms with Crippen LogP contribution in [-0.4, -0.2) is 55.7 Å². The number of carbonyl (C=O) groups excluding carboxylic acids is 2. The van der Waals surface area contributed by atoms with Gasteiger partial charge in [0.25, 0.3) is 0 Å². The fraction of sp³-hybridized carbons (Fsp3) is 0.556. The molecule has 138 valence electrons. The van der Waals surface area contributed by atoms with Crippen LogP contribution < -0.4 is 10.2 Å². The minimum Gasteiger partial charge on any atom is -0.342 e. The van der Waals surface area contributed by atoms with Crippen molar-refractivity contribution in [2.75, 3.05) is 37.8 Å². The number of likely N-dealkylation sites (tertiary alicyclic amines) is 1. The third kappa shape index (κ3) is 4.49. The minimum absolute atomic E-state index is 0. The van der Waals surface area contributed by atoms with Crippen LogP contribution in [0.15, 0.2) is 29.2 Å². The zero-order valence-electron chi connectivity index (χ0n) is 14.7. The molecule has 0 aromatic heterocycles. The molecule has 0 radical (unpaired) electrons. The number of carbonyl (C=O) groups is 2. The standard InChI is InChI=1S/C18H25N3O2S.ClH/c1-19-14-7-9-20(10-8-14)18(23)13-11-17(22)21(12-13)15-3-5-16(24-2)6-4-15;/h3-6,13-14,19H,7-12H2,1-2H3;1H. The fourth-order valence-corrected chi connectivity index (χ4v) is 3.94. The Labute approximate surface area is 159 Å². The van der Waals surface area contributed by atoms with Crippen LogP contribution in [0.1, 0.15) is 19.3 Å². The zero-order chi connectivity index (χ0) is 17.1. The van der Waals surface area contributed by atoms with Gasteiger partial charge in [-0.15, -0.1) is 24.2 Å². The lowest BCUT2D eigenvalue weighted by molar-refractivity contribution is -0.136. The number of halogens is 1. The Hall–Kier alpha value is -1.24. The van der Waals surface area contributed by atoms with Gasteiger partial charge < -0.3 is 15.1 Å². The Morgan fingerprint density at radius 1 is 1.20 bits per heavy atom. The quantitative estimate of drug-likeness (QED) is 0.811. The van der Waals surface area contributed by atoms with Crippen molar-refractivity contribution in [3.05, 3.63) is 24.3 Å². The highest BCUT2D eigenvalue weighted by Gasteiger charge is 2.37. The van der Waals surface area contributed by atoms with Crippen LogP contribution in [0.5, 0.6) is 0 Å². The molecule has 2 amide bonds. The average molecular weight is 384 g/mol. The molecule has 2 fully saturated rings. The van der Waals surface area contributed by atoms with Crippen LogP contribution >= 0.6 is 24.2 Å². The van der Waals surface area contributed by atoms with Gasteiger partial charge >= 0.3 is 0 Å². The van der Waals surface area contributed by atoms with E-state index in [1.165, 1.54) is 4.90 Å². The fourth-order valence-electron chi connectivity index (χ4n) is 3.53. The number of hydrogen-bond donors (Lipinski definition) is 1. The Morgan fingerprint density at radius 2 is 1.84 bits per heavy atom. The van der Waals surface area contributed by atoms with Gasteiger partial charge in [-0.2, -0.15) is 0 Å². The van der Waals surface area contributed by atoms with E-state index in [2.05, 4.69) is 5.32 Å². The third-order valence-corrected chi connectivity index (χ3v) is 5.82. The number of rotatable bonds is 4. The molecule has 1 N–H and O–H groups in total. The van der Waals surface area contributed by atoms with Gasteiger partial charge in [0.05, 0.1) is 5.92 Å². The molecular weight excluding hydrogens is 358 g/mol. The van der Waals surface area contributed by atoms with Crippen molar-refractivity contribution >= 4 is 41.7 Å². The second kappa shape index (κ2) is 8.92. The van der Waals surface area contributed by atoms with E-state index in [4.69, 9.17) is 0 Å². The number of amides is 2. The number of nitrogens with one attached hydrogen (secondary N) is 1. The first kappa shape index (κ1) is 20.1. The highest BCUT2D eigenvalue weighted by atomic mass is 35.5. The van der Waals surface area contributed by atoms with Crippen LogP contribution in [0.2, 0.25) is 0 Å². The van der Waals surface area contributed by atoms with E-state index in [1.54, 1.807) is 16.7 Å². The summed E-state index contributed by atoms with van der Waals surface area (Å²) in [6, 6.07) is 8.48. The van der Waals surface area contributed by atoms with Gasteiger partial charge in [-0.1, -0.05) is 0 Å². The maximum Gasteiger partial charge on any atom is 0.228 e. The normalized spacial score (nSPS) is 21.4. The molecule has 25 heavy (non-hydrogen) atoms. The van der Waals surface area contributed by atoms with Gasteiger partial charge in [-0.25, -0.2) is 0 Å². The summed E-state index contributed by atoms with van der Waals surface area (Å²) < 4.78 is 0. The largest absolute Gasteiger partial charge is 0.342 e. The Morgan fingerprint density at radius 3 is 2.40 bits per heavy atom. The van der Waals surface area contributed by atoms with Crippen LogP contribution in [-0.2, 0) is 9.59 Å². The lowest BCUT2D eigenvalue weighted by Crippen LogP contribution is -2.46. The first-order valence-electron chi connectivity index (χ1n) is 8.53. The number of piperidine rings is 1. The van der Waals surface area contributed by atoms with Gasteiger partial charge in [0.2, 0.25) is 11.8 Å². The van der Waals surface area contributed by atoms with Crippen molar-refractivity contribution in [2.45, 2.75) is 30.2 Å². The highest BCUT2D eigenvalue weighted by molar-refractivity contribution is 7.98. The van der Waals surface area contributed by atoms with Gasteiger partial charge in [0.1, 0.15) is 0 Å². The summed E-state index contributed by atoms with van der Waals surface area (Å²) in [7, 11) is 1.97. The average Bonchev–Trinajstić information content (AvgIpc) is 3.03. The van der Waals surface area contributed by atoms with Crippen molar-refractivity contribution < 1.29 is 9.59 Å². The second-order valence-corrected chi connectivity index (χ2v) is 7.37. The monoisotopic (exact) mass is 383 g/mol. The van der Waals surface area contributed by atoms with E-state index in [1.807, 2.05) is 42.5 Å². The van der Waals surface area contributed by atoms with E-state index in [-0.39, 0.29) is 30.1 Å². The van der Waals surface area contributed by atoms with E-state index in [9.17, 15) is 9.59 Å². The predicted molar refractivity (Wildman–Crippen MR) is 105 cm³/mol. The molecule has 1 aromatic carbocycles. The van der Waals surface area contributed by atoms with Gasteiger partial charge in [-0.05, 0) is 50.4 Å². The maximum absolute atomic E-state index is 12.7. The number of benzene rings is 1. The summed E-state index contributed by atoms with van der Waals surface area (Å²) >= 11 is 1.68. The summed E-state index contributed by atoms with van der Waals surface area (Å²) in [4.78, 5) is 30.0. The SMILES string of the molecule is CNC1CCN(C(=O)C2CC(=O)N(c3ccc(SC)cc3)C2)CC1.Cl. The molecule has 1 aromatic rings. The predicted octanol–water partition coefficient (Wildman–Crippen LogP) is 2.39. The summed E-state index contributed by atoms with van der Waals surface area (Å²) in [6.07, 6.45) is 4.34. The third-order valence-electron chi connectivity index (χ3n) is 5.07. The molecule has 2 heterocycles. The minimum atomic E-state index is -0.205. The van der Waals surface area contributed by atoms with E-state index in [0.29, 0.717) is 19.0 Å². The molecule has 1 unspecified atom stereocenters. The smallest absolute Gasteiger partial charge is 0.228 e. The van der Waals surface area contributed by atoms with Crippen molar-refractivity contribution in [1.29, 1.82) is 0 Å². The summed E-state index contributed by atoms with van der Waals surface area (Å²) in [5, 5.41) is 3.28.